The number of aromatic nitrogens is 3. The molecule has 4 aromatic carbocycles. The third-order valence-corrected chi connectivity index (χ3v) is 7.47. The average Bonchev–Trinajstić information content (AvgIpc) is 2.92. The summed E-state index contributed by atoms with van der Waals surface area (Å²) in [7, 11) is -9.85. The van der Waals surface area contributed by atoms with E-state index in [-0.39, 0.29) is 33.5 Å². The summed E-state index contributed by atoms with van der Waals surface area (Å²) in [5, 5.41) is 21.2. The maximum absolute atomic E-state index is 12.2. The molecule has 13 nitrogen and oxygen atoms in total. The van der Waals surface area contributed by atoms with E-state index in [1.807, 2.05) is 0 Å². The van der Waals surface area contributed by atoms with E-state index in [4.69, 9.17) is 11.6 Å². The highest BCUT2D eigenvalue weighted by atomic mass is 35.5. The second kappa shape index (κ2) is 10.8. The molecule has 0 aliphatic rings. The first-order valence-electron chi connectivity index (χ1n) is 11.4. The van der Waals surface area contributed by atoms with Crippen LogP contribution in [0.1, 0.15) is 0 Å². The topological polar surface area (TPSA) is 204 Å². The molecule has 0 atom stereocenters. The van der Waals surface area contributed by atoms with Crippen molar-refractivity contribution in [1.29, 1.82) is 0 Å². The maximum atomic E-state index is 12.2. The molecular formula is C25H17ClN6O7S2. The van der Waals surface area contributed by atoms with Crippen LogP contribution < -0.4 is 5.32 Å². The molecule has 5 rings (SSSR count). The molecule has 0 aliphatic carbocycles. The highest BCUT2D eigenvalue weighted by molar-refractivity contribution is 7.86. The van der Waals surface area contributed by atoms with Crippen LogP contribution in [-0.4, -0.2) is 46.0 Å². The van der Waals surface area contributed by atoms with Gasteiger partial charge in [0.05, 0.1) is 16.3 Å². The quantitative estimate of drug-likeness (QED) is 0.129. The van der Waals surface area contributed by atoms with Crippen LogP contribution in [0.5, 0.6) is 5.75 Å². The predicted octanol–water partition coefficient (Wildman–Crippen LogP) is 5.70. The van der Waals surface area contributed by atoms with E-state index in [9.17, 15) is 31.0 Å². The van der Waals surface area contributed by atoms with Crippen molar-refractivity contribution in [1.82, 2.24) is 15.0 Å². The lowest BCUT2D eigenvalue weighted by atomic mass is 10.1. The summed E-state index contributed by atoms with van der Waals surface area (Å²) in [6.45, 7) is 0. The van der Waals surface area contributed by atoms with E-state index < -0.39 is 41.5 Å². The Hall–Kier alpha value is -4.54. The van der Waals surface area contributed by atoms with Crippen LogP contribution in [0.2, 0.25) is 5.28 Å². The van der Waals surface area contributed by atoms with Crippen LogP contribution in [0, 0.1) is 0 Å². The Morgan fingerprint density at radius 3 is 2.07 bits per heavy atom. The van der Waals surface area contributed by atoms with Gasteiger partial charge in [0.2, 0.25) is 11.2 Å². The van der Waals surface area contributed by atoms with Gasteiger partial charge in [-0.15, -0.1) is 5.11 Å². The van der Waals surface area contributed by atoms with Gasteiger partial charge in [-0.25, -0.2) is 0 Å². The standard InChI is InChI=1S/C25H17ClN6O7S2/c26-24-28-23(14-7-3-1-4-8-14)29-25(30-24)27-18-13-17(40(34,35)36)11-15-12-19(41(37,38)39)21(22(33)20(15)18)32-31-16-9-5-2-6-10-16/h1-13,33H,(H,34,35,36)(H,37,38,39)(H,27,28,29,30). The molecular weight excluding hydrogens is 596 g/mol. The second-order valence-corrected chi connectivity index (χ2v) is 11.5. The van der Waals surface area contributed by atoms with Crippen molar-refractivity contribution in [2.24, 2.45) is 10.2 Å². The zero-order valence-electron chi connectivity index (χ0n) is 20.4. The highest BCUT2D eigenvalue weighted by Crippen LogP contribution is 2.45. The molecule has 41 heavy (non-hydrogen) atoms. The van der Waals surface area contributed by atoms with Gasteiger partial charge in [-0.05, 0) is 47.3 Å². The Bertz CT molecular complexity index is 2040. The van der Waals surface area contributed by atoms with Crippen LogP contribution in [0.3, 0.4) is 0 Å². The lowest BCUT2D eigenvalue weighted by Crippen LogP contribution is -2.05. The molecule has 1 heterocycles. The number of hydrogen-bond acceptors (Lipinski definition) is 11. The summed E-state index contributed by atoms with van der Waals surface area (Å²) in [6.07, 6.45) is 0. The van der Waals surface area contributed by atoms with Crippen LogP contribution in [0.25, 0.3) is 22.2 Å². The van der Waals surface area contributed by atoms with Gasteiger partial charge in [0, 0.05) is 10.9 Å². The van der Waals surface area contributed by atoms with Gasteiger partial charge >= 0.3 is 0 Å². The van der Waals surface area contributed by atoms with Crippen molar-refractivity contribution in [2.75, 3.05) is 5.32 Å². The highest BCUT2D eigenvalue weighted by Gasteiger charge is 2.26. The number of rotatable bonds is 7. The van der Waals surface area contributed by atoms with Gasteiger partial charge in [0.1, 0.15) is 10.6 Å². The molecule has 4 N–H and O–H groups in total. The van der Waals surface area contributed by atoms with Gasteiger partial charge < -0.3 is 10.4 Å². The Labute approximate surface area is 237 Å². The summed E-state index contributed by atoms with van der Waals surface area (Å²) < 4.78 is 68.3. The second-order valence-electron chi connectivity index (χ2n) is 8.37. The zero-order valence-corrected chi connectivity index (χ0v) is 22.8. The molecule has 5 aromatic rings. The van der Waals surface area contributed by atoms with E-state index in [0.29, 0.717) is 11.3 Å². The number of aromatic hydroxyl groups is 1. The van der Waals surface area contributed by atoms with Crippen LogP contribution in [0.15, 0.2) is 98.9 Å². The third kappa shape index (κ3) is 6.13. The normalized spacial score (nSPS) is 12.2. The summed E-state index contributed by atoms with van der Waals surface area (Å²) in [4.78, 5) is 10.8. The molecule has 0 unspecified atom stereocenters. The Kier molecular flexibility index (Phi) is 7.37. The van der Waals surface area contributed by atoms with Crippen molar-refractivity contribution < 1.29 is 31.0 Å². The largest absolute Gasteiger partial charge is 0.505 e. The van der Waals surface area contributed by atoms with E-state index in [1.165, 1.54) is 0 Å². The SMILES string of the molecule is O=S(=O)(O)c1cc(Nc2nc(Cl)nc(-c3ccccc3)n2)c2c(O)c(N=Nc3ccccc3)c(S(=O)(=O)O)cc2c1. The monoisotopic (exact) mass is 612 g/mol. The number of nitrogens with zero attached hydrogens (tertiary/aromatic N) is 5. The predicted molar refractivity (Wildman–Crippen MR) is 149 cm³/mol. The molecule has 0 spiro atoms. The van der Waals surface area contributed by atoms with Crippen molar-refractivity contribution in [2.45, 2.75) is 9.79 Å². The molecule has 208 valence electrons. The zero-order chi connectivity index (χ0) is 29.4. The van der Waals surface area contributed by atoms with Crippen molar-refractivity contribution in [3.05, 3.63) is 84.1 Å². The minimum atomic E-state index is -5.01. The Morgan fingerprint density at radius 2 is 1.44 bits per heavy atom. The van der Waals surface area contributed by atoms with Gasteiger partial charge in [-0.2, -0.15) is 36.9 Å². The summed E-state index contributed by atoms with van der Waals surface area (Å²) in [5.74, 6) is -0.801. The fourth-order valence-electron chi connectivity index (χ4n) is 3.85. The van der Waals surface area contributed by atoms with Crippen LogP contribution in [-0.2, 0) is 20.2 Å². The van der Waals surface area contributed by atoms with Crippen molar-refractivity contribution in [3.8, 4) is 17.1 Å². The van der Waals surface area contributed by atoms with Gasteiger partial charge in [0.25, 0.3) is 20.2 Å². The Balaban J connectivity index is 1.76. The van der Waals surface area contributed by atoms with Gasteiger partial charge in [0.15, 0.2) is 11.6 Å². The first-order chi connectivity index (χ1) is 19.4. The molecule has 0 saturated heterocycles. The molecule has 0 fully saturated rings. The van der Waals surface area contributed by atoms with Crippen LogP contribution >= 0.6 is 11.6 Å². The lowest BCUT2D eigenvalue weighted by molar-refractivity contribution is 0.472. The number of nitrogens with one attached hydrogen (secondary N) is 1. The van der Waals surface area contributed by atoms with Crippen LogP contribution in [0.4, 0.5) is 23.0 Å². The molecule has 0 saturated carbocycles. The number of hydrogen-bond donors (Lipinski definition) is 4. The van der Waals surface area contributed by atoms with E-state index in [1.54, 1.807) is 60.7 Å². The number of fused-ring (bicyclic) bond motifs is 1. The number of anilines is 2. The number of benzene rings is 4. The first kappa shape index (κ1) is 28.0. The average molecular weight is 613 g/mol. The molecule has 0 amide bonds. The number of phenolic OH excluding ortho intramolecular Hbond substituents is 1. The minimum Gasteiger partial charge on any atom is -0.505 e. The van der Waals surface area contributed by atoms with E-state index >= 15 is 0 Å². The first-order valence-corrected chi connectivity index (χ1v) is 14.7. The lowest BCUT2D eigenvalue weighted by Gasteiger charge is -2.15. The van der Waals surface area contributed by atoms with Crippen molar-refractivity contribution >= 4 is 65.6 Å². The molecule has 0 radical (unpaired) electrons. The maximum Gasteiger partial charge on any atom is 0.296 e. The van der Waals surface area contributed by atoms with E-state index in [2.05, 4.69) is 30.5 Å². The number of azo groups is 1. The summed E-state index contributed by atoms with van der Waals surface area (Å²) in [5.41, 5.74) is 0.0689. The van der Waals surface area contributed by atoms with Gasteiger partial charge in [-0.3, -0.25) is 9.11 Å². The number of halogens is 1. The summed E-state index contributed by atoms with van der Waals surface area (Å²) in [6, 6.07) is 19.6. The fraction of sp³-hybridized carbons (Fsp3) is 0. The molecule has 0 bridgehead atoms. The Morgan fingerprint density at radius 1 is 0.780 bits per heavy atom. The molecule has 16 heteroatoms. The summed E-state index contributed by atoms with van der Waals surface area (Å²) >= 11 is 6.11. The third-order valence-electron chi connectivity index (χ3n) is 5.61. The fourth-order valence-corrected chi connectivity index (χ4v) is 5.21. The molecule has 1 aromatic heterocycles. The van der Waals surface area contributed by atoms with E-state index in [0.717, 1.165) is 18.2 Å². The molecule has 0 aliphatic heterocycles. The smallest absolute Gasteiger partial charge is 0.296 e. The minimum absolute atomic E-state index is 0.162. The van der Waals surface area contributed by atoms with Crippen molar-refractivity contribution in [3.63, 3.8) is 0 Å². The van der Waals surface area contributed by atoms with Gasteiger partial charge in [-0.1, -0.05) is 48.5 Å². The number of phenols is 1.